The molecular formula is C18H21N3O5. The predicted molar refractivity (Wildman–Crippen MR) is 91.5 cm³/mol. The lowest BCUT2D eigenvalue weighted by Gasteiger charge is -2.27. The summed E-state index contributed by atoms with van der Waals surface area (Å²) in [4.78, 5) is 49.5. The van der Waals surface area contributed by atoms with Crippen molar-refractivity contribution in [2.45, 2.75) is 38.1 Å². The summed E-state index contributed by atoms with van der Waals surface area (Å²) in [5.74, 6) is -1.56. The maximum atomic E-state index is 12.7. The number of ether oxygens (including phenoxy) is 1. The first-order chi connectivity index (χ1) is 12.5. The molecule has 0 spiro atoms. The van der Waals surface area contributed by atoms with Gasteiger partial charge in [-0.3, -0.25) is 29.4 Å². The Bertz CT molecular complexity index is 761. The number of nitrogens with one attached hydrogen (secondary N) is 1. The molecule has 4 amide bonds. The average molecular weight is 359 g/mol. The van der Waals surface area contributed by atoms with Crippen LogP contribution in [0.1, 0.15) is 52.8 Å². The van der Waals surface area contributed by atoms with Gasteiger partial charge in [0.2, 0.25) is 11.8 Å². The molecular weight excluding hydrogens is 338 g/mol. The van der Waals surface area contributed by atoms with Crippen molar-refractivity contribution < 1.29 is 23.9 Å². The van der Waals surface area contributed by atoms with Crippen LogP contribution in [0.3, 0.4) is 0 Å². The number of unbranched alkanes of at least 4 members (excludes halogenated alkanes) is 2. The fraction of sp³-hybridized carbons (Fsp3) is 0.444. The van der Waals surface area contributed by atoms with Crippen LogP contribution in [-0.2, 0) is 9.59 Å². The lowest BCUT2D eigenvalue weighted by molar-refractivity contribution is -0.136. The molecule has 0 aromatic heterocycles. The van der Waals surface area contributed by atoms with Crippen LogP contribution in [0.25, 0.3) is 0 Å². The molecule has 8 nitrogen and oxygen atoms in total. The number of fused-ring (bicyclic) bond motifs is 1. The van der Waals surface area contributed by atoms with E-state index in [1.807, 2.05) is 0 Å². The first-order valence-corrected chi connectivity index (χ1v) is 8.71. The lowest BCUT2D eigenvalue weighted by Crippen LogP contribution is -2.54. The molecule has 138 valence electrons. The summed E-state index contributed by atoms with van der Waals surface area (Å²) in [6.07, 6.45) is 2.98. The summed E-state index contributed by atoms with van der Waals surface area (Å²) in [7, 11) is 0. The van der Waals surface area contributed by atoms with E-state index in [1.165, 1.54) is 12.1 Å². The van der Waals surface area contributed by atoms with Crippen LogP contribution in [-0.4, -0.2) is 47.7 Å². The Balaban J connectivity index is 1.71. The van der Waals surface area contributed by atoms with E-state index in [1.54, 1.807) is 6.07 Å². The molecule has 1 aromatic carbocycles. The molecule has 1 aromatic rings. The number of nitrogens with zero attached hydrogens (tertiary/aromatic N) is 1. The van der Waals surface area contributed by atoms with Crippen molar-refractivity contribution in [3.05, 3.63) is 29.3 Å². The third-order valence-electron chi connectivity index (χ3n) is 4.53. The Morgan fingerprint density at radius 1 is 1.08 bits per heavy atom. The van der Waals surface area contributed by atoms with Gasteiger partial charge >= 0.3 is 0 Å². The minimum absolute atomic E-state index is 0.0982. The van der Waals surface area contributed by atoms with E-state index in [-0.39, 0.29) is 24.0 Å². The summed E-state index contributed by atoms with van der Waals surface area (Å²) in [5.41, 5.74) is 5.91. The van der Waals surface area contributed by atoms with Gasteiger partial charge in [0, 0.05) is 6.42 Å². The van der Waals surface area contributed by atoms with Crippen molar-refractivity contribution >= 4 is 23.6 Å². The average Bonchev–Trinajstić information content (AvgIpc) is 2.86. The molecule has 0 bridgehead atoms. The highest BCUT2D eigenvalue weighted by molar-refractivity contribution is 6.23. The Hall–Kier alpha value is -2.74. The smallest absolute Gasteiger partial charge is 0.262 e. The predicted octanol–water partition coefficient (Wildman–Crippen LogP) is 0.596. The van der Waals surface area contributed by atoms with Gasteiger partial charge in [-0.05, 0) is 50.4 Å². The standard InChI is InChI=1S/C18H21N3O5/c19-8-2-1-3-9-26-11-4-5-12-13(10-11)18(25)21(17(12)24)14-6-7-15(22)20-16(14)23/h4-5,10,14H,1-3,6-9,19H2,(H,20,22,23). The molecule has 8 heteroatoms. The number of nitrogens with two attached hydrogens (primary N) is 1. The van der Waals surface area contributed by atoms with Crippen molar-refractivity contribution in [1.29, 1.82) is 0 Å². The number of amides is 4. The maximum Gasteiger partial charge on any atom is 0.262 e. The van der Waals surface area contributed by atoms with Crippen molar-refractivity contribution in [2.24, 2.45) is 5.73 Å². The van der Waals surface area contributed by atoms with Crippen LogP contribution in [0.2, 0.25) is 0 Å². The number of carbonyl (C=O) groups is 4. The summed E-state index contributed by atoms with van der Waals surface area (Å²) in [6, 6.07) is 3.75. The minimum Gasteiger partial charge on any atom is -0.494 e. The summed E-state index contributed by atoms with van der Waals surface area (Å²) in [6.45, 7) is 1.14. The Kier molecular flexibility index (Phi) is 5.32. The molecule has 1 atom stereocenters. The Morgan fingerprint density at radius 3 is 2.58 bits per heavy atom. The highest BCUT2D eigenvalue weighted by Gasteiger charge is 2.44. The van der Waals surface area contributed by atoms with Crippen LogP contribution >= 0.6 is 0 Å². The molecule has 0 aliphatic carbocycles. The fourth-order valence-electron chi connectivity index (χ4n) is 3.15. The molecule has 1 unspecified atom stereocenters. The maximum absolute atomic E-state index is 12.7. The van der Waals surface area contributed by atoms with Gasteiger partial charge in [-0.25, -0.2) is 0 Å². The number of carbonyl (C=O) groups excluding carboxylic acids is 4. The molecule has 26 heavy (non-hydrogen) atoms. The van der Waals surface area contributed by atoms with E-state index in [4.69, 9.17) is 10.5 Å². The van der Waals surface area contributed by atoms with E-state index in [0.717, 1.165) is 24.2 Å². The Labute approximate surface area is 150 Å². The molecule has 0 radical (unpaired) electrons. The van der Waals surface area contributed by atoms with Crippen LogP contribution in [0.5, 0.6) is 5.75 Å². The zero-order valence-electron chi connectivity index (χ0n) is 14.3. The second kappa shape index (κ2) is 7.65. The molecule has 3 N–H and O–H groups in total. The zero-order valence-corrected chi connectivity index (χ0v) is 14.3. The first kappa shape index (κ1) is 18.1. The van der Waals surface area contributed by atoms with E-state index >= 15 is 0 Å². The van der Waals surface area contributed by atoms with Crippen LogP contribution in [0, 0.1) is 0 Å². The van der Waals surface area contributed by atoms with Crippen molar-refractivity contribution in [1.82, 2.24) is 10.2 Å². The van der Waals surface area contributed by atoms with Crippen molar-refractivity contribution in [3.8, 4) is 5.75 Å². The van der Waals surface area contributed by atoms with Gasteiger partial charge in [0.1, 0.15) is 11.8 Å². The van der Waals surface area contributed by atoms with Gasteiger partial charge in [-0.2, -0.15) is 0 Å². The van der Waals surface area contributed by atoms with E-state index < -0.39 is 29.7 Å². The second-order valence-corrected chi connectivity index (χ2v) is 6.35. The quantitative estimate of drug-likeness (QED) is 0.543. The van der Waals surface area contributed by atoms with Gasteiger partial charge < -0.3 is 10.5 Å². The van der Waals surface area contributed by atoms with Gasteiger partial charge in [0.25, 0.3) is 11.8 Å². The third kappa shape index (κ3) is 3.45. The largest absolute Gasteiger partial charge is 0.494 e. The third-order valence-corrected chi connectivity index (χ3v) is 4.53. The molecule has 0 saturated carbocycles. The molecule has 2 aliphatic rings. The zero-order chi connectivity index (χ0) is 18.7. The number of hydrogen-bond acceptors (Lipinski definition) is 6. The molecule has 2 aliphatic heterocycles. The van der Waals surface area contributed by atoms with Crippen molar-refractivity contribution in [3.63, 3.8) is 0 Å². The SMILES string of the molecule is NCCCCCOc1ccc2c(c1)C(=O)N(C1CCC(=O)NC1=O)C2=O. The lowest BCUT2D eigenvalue weighted by atomic mass is 10.0. The number of benzene rings is 1. The topological polar surface area (TPSA) is 119 Å². The number of rotatable bonds is 7. The summed E-state index contributed by atoms with van der Waals surface area (Å²) < 4.78 is 5.63. The number of hydrogen-bond donors (Lipinski definition) is 2. The van der Waals surface area contributed by atoms with Gasteiger partial charge in [-0.1, -0.05) is 0 Å². The molecule has 1 fully saturated rings. The van der Waals surface area contributed by atoms with Crippen LogP contribution in [0.15, 0.2) is 18.2 Å². The molecule has 3 rings (SSSR count). The Morgan fingerprint density at radius 2 is 1.85 bits per heavy atom. The highest BCUT2D eigenvalue weighted by atomic mass is 16.5. The van der Waals surface area contributed by atoms with E-state index in [2.05, 4.69) is 5.32 Å². The summed E-state index contributed by atoms with van der Waals surface area (Å²) >= 11 is 0. The monoisotopic (exact) mass is 359 g/mol. The fourth-order valence-corrected chi connectivity index (χ4v) is 3.15. The number of piperidine rings is 1. The summed E-state index contributed by atoms with van der Waals surface area (Å²) in [5, 5.41) is 2.17. The van der Waals surface area contributed by atoms with Crippen LogP contribution < -0.4 is 15.8 Å². The molecule has 1 saturated heterocycles. The van der Waals surface area contributed by atoms with Crippen molar-refractivity contribution in [2.75, 3.05) is 13.2 Å². The highest BCUT2D eigenvalue weighted by Crippen LogP contribution is 2.30. The normalized spacial score (nSPS) is 19.6. The molecule has 2 heterocycles. The van der Waals surface area contributed by atoms with Gasteiger partial charge in [0.05, 0.1) is 17.7 Å². The van der Waals surface area contributed by atoms with E-state index in [0.29, 0.717) is 18.9 Å². The van der Waals surface area contributed by atoms with E-state index in [9.17, 15) is 19.2 Å². The van der Waals surface area contributed by atoms with Crippen LogP contribution in [0.4, 0.5) is 0 Å². The minimum atomic E-state index is -0.958. The number of imide groups is 2. The van der Waals surface area contributed by atoms with Gasteiger partial charge in [0.15, 0.2) is 0 Å². The van der Waals surface area contributed by atoms with Gasteiger partial charge in [-0.15, -0.1) is 0 Å². The first-order valence-electron chi connectivity index (χ1n) is 8.71. The second-order valence-electron chi connectivity index (χ2n) is 6.35.